The highest BCUT2D eigenvalue weighted by atomic mass is 31.2. The summed E-state index contributed by atoms with van der Waals surface area (Å²) >= 11 is 0. The van der Waals surface area contributed by atoms with Crippen molar-refractivity contribution in [2.75, 3.05) is 12.5 Å². The molecule has 2 atom stereocenters. The molecular formula is C15H23O7P. The molecule has 2 unspecified atom stereocenters. The van der Waals surface area contributed by atoms with Crippen LogP contribution in [0.4, 0.5) is 0 Å². The SMILES string of the molecule is C\C=C/C=C\C(=C/C)OCP(=O)(O)CC(CCC(=O)O)C(=O)O. The van der Waals surface area contributed by atoms with Gasteiger partial charge in [-0.15, -0.1) is 0 Å². The number of hydrogen-bond acceptors (Lipinski definition) is 4. The number of carbonyl (C=O) groups is 2. The smallest absolute Gasteiger partial charge is 0.307 e. The molecule has 0 saturated carbocycles. The van der Waals surface area contributed by atoms with Gasteiger partial charge in [0.25, 0.3) is 0 Å². The van der Waals surface area contributed by atoms with E-state index in [-0.39, 0.29) is 12.8 Å². The van der Waals surface area contributed by atoms with Gasteiger partial charge in [0, 0.05) is 12.6 Å². The summed E-state index contributed by atoms with van der Waals surface area (Å²) in [4.78, 5) is 31.4. The molecule has 0 rings (SSSR count). The maximum absolute atomic E-state index is 12.1. The van der Waals surface area contributed by atoms with Crippen LogP contribution < -0.4 is 0 Å². The van der Waals surface area contributed by atoms with Crippen LogP contribution in [-0.2, 0) is 18.9 Å². The molecule has 0 aromatic carbocycles. The monoisotopic (exact) mass is 346 g/mol. The summed E-state index contributed by atoms with van der Waals surface area (Å²) in [6, 6.07) is 0. The number of carboxylic acid groups (broad SMARTS) is 2. The predicted octanol–water partition coefficient (Wildman–Crippen LogP) is 2.83. The molecule has 7 nitrogen and oxygen atoms in total. The maximum Gasteiger partial charge on any atom is 0.307 e. The zero-order chi connectivity index (χ0) is 17.9. The van der Waals surface area contributed by atoms with E-state index in [4.69, 9.17) is 14.9 Å². The predicted molar refractivity (Wildman–Crippen MR) is 86.4 cm³/mol. The minimum Gasteiger partial charge on any atom is -0.484 e. The molecule has 0 aromatic heterocycles. The fourth-order valence-corrected chi connectivity index (χ4v) is 3.14. The highest BCUT2D eigenvalue weighted by Crippen LogP contribution is 2.43. The number of ether oxygens (including phenoxy) is 1. The van der Waals surface area contributed by atoms with Crippen molar-refractivity contribution in [2.24, 2.45) is 5.92 Å². The number of allylic oxidation sites excluding steroid dienone is 5. The van der Waals surface area contributed by atoms with Crippen LogP contribution in [0.1, 0.15) is 26.7 Å². The Hall–Kier alpha value is -1.85. The lowest BCUT2D eigenvalue weighted by Gasteiger charge is -2.17. The van der Waals surface area contributed by atoms with E-state index in [1.54, 1.807) is 37.3 Å². The Morgan fingerprint density at radius 3 is 2.35 bits per heavy atom. The molecule has 0 fully saturated rings. The third kappa shape index (κ3) is 10.5. The van der Waals surface area contributed by atoms with E-state index in [9.17, 15) is 19.0 Å². The Kier molecular flexibility index (Phi) is 9.94. The standard InChI is InChI=1S/C15H23O7P/c1-3-5-6-7-13(4-2)22-11-23(20,21)10-12(15(18)19)8-9-14(16)17/h3-7,12H,8-11H2,1-2H3,(H,16,17)(H,18,19)(H,20,21)/b5-3-,7-6-,13-4+. The van der Waals surface area contributed by atoms with Crippen molar-refractivity contribution in [3.63, 3.8) is 0 Å². The fraction of sp³-hybridized carbons (Fsp3) is 0.467. The van der Waals surface area contributed by atoms with Gasteiger partial charge in [0.05, 0.1) is 5.92 Å². The molecule has 0 aliphatic heterocycles. The molecule has 8 heteroatoms. The second kappa shape index (κ2) is 10.8. The Labute approximate surface area is 135 Å². The largest absolute Gasteiger partial charge is 0.484 e. The normalized spacial score (nSPS) is 16.4. The fourth-order valence-electron chi connectivity index (χ4n) is 1.65. The number of rotatable bonds is 11. The van der Waals surface area contributed by atoms with Gasteiger partial charge in [0.15, 0.2) is 6.35 Å². The minimum absolute atomic E-state index is 0.201. The van der Waals surface area contributed by atoms with Crippen molar-refractivity contribution >= 4 is 19.3 Å². The molecule has 3 N–H and O–H groups in total. The van der Waals surface area contributed by atoms with Crippen molar-refractivity contribution in [3.8, 4) is 0 Å². The first-order valence-electron chi connectivity index (χ1n) is 7.05. The quantitative estimate of drug-likeness (QED) is 0.299. The molecule has 0 saturated heterocycles. The first-order valence-corrected chi connectivity index (χ1v) is 9.08. The van der Waals surface area contributed by atoms with E-state index in [0.29, 0.717) is 5.76 Å². The molecule has 0 spiro atoms. The average molecular weight is 346 g/mol. The second-order valence-corrected chi connectivity index (χ2v) is 7.16. The topological polar surface area (TPSA) is 121 Å². The lowest BCUT2D eigenvalue weighted by atomic mass is 10.1. The lowest BCUT2D eigenvalue weighted by molar-refractivity contribution is -0.142. The summed E-state index contributed by atoms with van der Waals surface area (Å²) < 4.78 is 17.3. The third-order valence-electron chi connectivity index (χ3n) is 2.84. The van der Waals surface area contributed by atoms with Crippen molar-refractivity contribution in [3.05, 3.63) is 36.1 Å². The van der Waals surface area contributed by atoms with Gasteiger partial charge in [-0.2, -0.15) is 0 Å². The van der Waals surface area contributed by atoms with E-state index >= 15 is 0 Å². The van der Waals surface area contributed by atoms with Gasteiger partial charge in [0.1, 0.15) is 5.76 Å². The zero-order valence-corrected chi connectivity index (χ0v) is 14.1. The van der Waals surface area contributed by atoms with Crippen LogP contribution in [0.15, 0.2) is 36.1 Å². The number of hydrogen-bond donors (Lipinski definition) is 3. The summed E-state index contributed by atoms with van der Waals surface area (Å²) in [6.45, 7) is 3.54. The molecule has 0 amide bonds. The first kappa shape index (κ1) is 21.1. The maximum atomic E-state index is 12.1. The van der Waals surface area contributed by atoms with Gasteiger partial charge in [0.2, 0.25) is 7.37 Å². The Bertz CT molecular complexity index is 534. The van der Waals surface area contributed by atoms with E-state index in [2.05, 4.69) is 0 Å². The van der Waals surface area contributed by atoms with Crippen LogP contribution in [0.25, 0.3) is 0 Å². The van der Waals surface area contributed by atoms with Crippen molar-refractivity contribution in [1.29, 1.82) is 0 Å². The van der Waals surface area contributed by atoms with Crippen LogP contribution >= 0.6 is 7.37 Å². The minimum atomic E-state index is -3.86. The Morgan fingerprint density at radius 1 is 1.22 bits per heavy atom. The highest BCUT2D eigenvalue weighted by Gasteiger charge is 2.30. The molecule has 0 aromatic rings. The van der Waals surface area contributed by atoms with Gasteiger partial charge in [-0.05, 0) is 32.4 Å². The summed E-state index contributed by atoms with van der Waals surface area (Å²) in [5.41, 5.74) is 0. The summed E-state index contributed by atoms with van der Waals surface area (Å²) in [7, 11) is -3.86. The molecule has 0 heterocycles. The van der Waals surface area contributed by atoms with Gasteiger partial charge in [-0.25, -0.2) is 0 Å². The summed E-state index contributed by atoms with van der Waals surface area (Å²) in [5.74, 6) is -3.25. The van der Waals surface area contributed by atoms with Crippen LogP contribution in [0, 0.1) is 5.92 Å². The lowest BCUT2D eigenvalue weighted by Crippen LogP contribution is -2.20. The van der Waals surface area contributed by atoms with Crippen LogP contribution in [0.3, 0.4) is 0 Å². The van der Waals surface area contributed by atoms with Gasteiger partial charge < -0.3 is 19.8 Å². The van der Waals surface area contributed by atoms with Gasteiger partial charge in [-0.1, -0.05) is 18.2 Å². The van der Waals surface area contributed by atoms with E-state index < -0.39 is 37.7 Å². The number of carboxylic acids is 2. The van der Waals surface area contributed by atoms with E-state index in [0.717, 1.165) is 0 Å². The molecule has 0 aliphatic carbocycles. The number of aliphatic carboxylic acids is 2. The molecular weight excluding hydrogens is 323 g/mol. The van der Waals surface area contributed by atoms with E-state index in [1.165, 1.54) is 0 Å². The zero-order valence-electron chi connectivity index (χ0n) is 13.2. The van der Waals surface area contributed by atoms with Crippen LogP contribution in [-0.4, -0.2) is 39.6 Å². The molecule has 0 aliphatic rings. The van der Waals surface area contributed by atoms with Crippen LogP contribution in [0.5, 0.6) is 0 Å². The molecule has 0 bridgehead atoms. The van der Waals surface area contributed by atoms with Crippen molar-refractivity contribution in [2.45, 2.75) is 26.7 Å². The highest BCUT2D eigenvalue weighted by molar-refractivity contribution is 7.57. The van der Waals surface area contributed by atoms with Crippen molar-refractivity contribution in [1.82, 2.24) is 0 Å². The molecule has 130 valence electrons. The Morgan fingerprint density at radius 2 is 1.87 bits per heavy atom. The molecule has 23 heavy (non-hydrogen) atoms. The first-order chi connectivity index (χ1) is 10.7. The molecule has 0 radical (unpaired) electrons. The van der Waals surface area contributed by atoms with E-state index in [1.807, 2.05) is 6.92 Å². The van der Waals surface area contributed by atoms with Crippen molar-refractivity contribution < 1.29 is 34.0 Å². The average Bonchev–Trinajstić information content (AvgIpc) is 2.46. The third-order valence-corrected chi connectivity index (χ3v) is 4.39. The summed E-state index contributed by atoms with van der Waals surface area (Å²) in [5, 5.41) is 17.6. The van der Waals surface area contributed by atoms with Gasteiger partial charge in [-0.3, -0.25) is 14.2 Å². The summed E-state index contributed by atoms with van der Waals surface area (Å²) in [6.07, 6.45) is 6.87. The van der Waals surface area contributed by atoms with Gasteiger partial charge >= 0.3 is 11.9 Å². The Balaban J connectivity index is 4.68. The van der Waals surface area contributed by atoms with Crippen LogP contribution in [0.2, 0.25) is 0 Å². The second-order valence-electron chi connectivity index (χ2n) is 4.85.